The Morgan fingerprint density at radius 1 is 1.09 bits per heavy atom. The number of Topliss-reactive ketones (excluding diaryl/α,β-unsaturated/α-hetero) is 1. The highest BCUT2D eigenvalue weighted by atomic mass is 19.1. The topological polar surface area (TPSA) is 64.6 Å². The molecule has 120 valence electrons. The van der Waals surface area contributed by atoms with Crippen molar-refractivity contribution in [3.8, 4) is 11.5 Å². The number of ketones is 1. The molecule has 0 aromatic heterocycles. The molecule has 2 rings (SSSR count). The Bertz CT molecular complexity index is 758. The summed E-state index contributed by atoms with van der Waals surface area (Å²) >= 11 is 0. The Balaban J connectivity index is 2.45. The Hall–Kier alpha value is -2.89. The molecule has 0 heterocycles. The summed E-state index contributed by atoms with van der Waals surface area (Å²) in [6.45, 7) is 1.36. The molecule has 0 unspecified atom stereocenters. The minimum atomic E-state index is -0.540. The van der Waals surface area contributed by atoms with Crippen molar-refractivity contribution in [1.82, 2.24) is 0 Å². The zero-order valence-corrected chi connectivity index (χ0v) is 13.0. The van der Waals surface area contributed by atoms with Crippen molar-refractivity contribution in [2.75, 3.05) is 19.5 Å². The average molecular weight is 317 g/mol. The lowest BCUT2D eigenvalue weighted by molar-refractivity contribution is 0.101. The normalized spacial score (nSPS) is 10.1. The second-order valence-corrected chi connectivity index (χ2v) is 4.77. The molecule has 1 amide bonds. The van der Waals surface area contributed by atoms with Crippen molar-refractivity contribution in [2.24, 2.45) is 0 Å². The molecule has 0 radical (unpaired) electrons. The van der Waals surface area contributed by atoms with Crippen LogP contribution in [0.1, 0.15) is 27.6 Å². The highest BCUT2D eigenvalue weighted by Gasteiger charge is 2.18. The molecule has 1 N–H and O–H groups in total. The molecule has 0 atom stereocenters. The van der Waals surface area contributed by atoms with Gasteiger partial charge >= 0.3 is 0 Å². The molecule has 0 aliphatic carbocycles. The molecule has 0 aliphatic heterocycles. The Morgan fingerprint density at radius 2 is 1.83 bits per heavy atom. The van der Waals surface area contributed by atoms with E-state index in [4.69, 9.17) is 9.47 Å². The number of ether oxygens (including phenoxy) is 2. The van der Waals surface area contributed by atoms with Crippen LogP contribution in [0.15, 0.2) is 36.4 Å². The van der Waals surface area contributed by atoms with Gasteiger partial charge in [-0.3, -0.25) is 9.59 Å². The van der Waals surface area contributed by atoms with Crippen molar-refractivity contribution in [3.05, 3.63) is 53.3 Å². The lowest BCUT2D eigenvalue weighted by Gasteiger charge is -2.15. The van der Waals surface area contributed by atoms with Crippen LogP contribution in [-0.4, -0.2) is 25.9 Å². The Kier molecular flexibility index (Phi) is 4.95. The van der Waals surface area contributed by atoms with Crippen LogP contribution in [0, 0.1) is 5.82 Å². The first-order valence-corrected chi connectivity index (χ1v) is 6.80. The third kappa shape index (κ3) is 3.66. The van der Waals surface area contributed by atoms with Crippen LogP contribution < -0.4 is 14.8 Å². The lowest BCUT2D eigenvalue weighted by Crippen LogP contribution is -2.15. The smallest absolute Gasteiger partial charge is 0.255 e. The third-order valence-electron chi connectivity index (χ3n) is 3.22. The molecular weight excluding hydrogens is 301 g/mol. The predicted octanol–water partition coefficient (Wildman–Crippen LogP) is 3.30. The second kappa shape index (κ2) is 6.91. The minimum Gasteiger partial charge on any atom is -0.497 e. The molecule has 2 aromatic rings. The molecule has 0 spiro atoms. The zero-order valence-electron chi connectivity index (χ0n) is 13.0. The Morgan fingerprint density at radius 3 is 2.39 bits per heavy atom. The summed E-state index contributed by atoms with van der Waals surface area (Å²) in [5.74, 6) is -0.637. The van der Waals surface area contributed by atoms with E-state index >= 15 is 0 Å². The van der Waals surface area contributed by atoms with E-state index in [-0.39, 0.29) is 28.3 Å². The number of benzene rings is 2. The summed E-state index contributed by atoms with van der Waals surface area (Å²) in [5, 5.41) is 2.60. The standard InChI is InChI=1S/C17H16FNO4/c1-10(20)16-14(8-13(22-2)9-15(16)23-3)19-17(21)11-5-4-6-12(18)7-11/h4-9H,1-3H3,(H,19,21). The summed E-state index contributed by atoms with van der Waals surface area (Å²) < 4.78 is 23.6. The van der Waals surface area contributed by atoms with Crippen LogP contribution in [0.3, 0.4) is 0 Å². The molecule has 0 saturated carbocycles. The van der Waals surface area contributed by atoms with Gasteiger partial charge in [-0.2, -0.15) is 0 Å². The van der Waals surface area contributed by atoms with Gasteiger partial charge in [-0.15, -0.1) is 0 Å². The maximum absolute atomic E-state index is 13.2. The number of rotatable bonds is 5. The molecule has 0 fully saturated rings. The van der Waals surface area contributed by atoms with Crippen molar-refractivity contribution in [2.45, 2.75) is 6.92 Å². The maximum atomic E-state index is 13.2. The number of hydrogen-bond acceptors (Lipinski definition) is 4. The first-order chi connectivity index (χ1) is 11.0. The van der Waals surface area contributed by atoms with Gasteiger partial charge in [0, 0.05) is 17.7 Å². The van der Waals surface area contributed by atoms with E-state index in [0.717, 1.165) is 6.07 Å². The van der Waals surface area contributed by atoms with Crippen LogP contribution in [0.25, 0.3) is 0 Å². The van der Waals surface area contributed by atoms with E-state index in [1.807, 2.05) is 0 Å². The van der Waals surface area contributed by atoms with Crippen molar-refractivity contribution in [3.63, 3.8) is 0 Å². The van der Waals surface area contributed by atoms with Gasteiger partial charge in [0.1, 0.15) is 17.3 Å². The van der Waals surface area contributed by atoms with E-state index in [1.165, 1.54) is 45.4 Å². The molecule has 6 heteroatoms. The summed E-state index contributed by atoms with van der Waals surface area (Å²) in [6.07, 6.45) is 0. The highest BCUT2D eigenvalue weighted by Crippen LogP contribution is 2.33. The van der Waals surface area contributed by atoms with Crippen molar-refractivity contribution < 1.29 is 23.5 Å². The lowest BCUT2D eigenvalue weighted by atomic mass is 10.1. The maximum Gasteiger partial charge on any atom is 0.255 e. The second-order valence-electron chi connectivity index (χ2n) is 4.77. The van der Waals surface area contributed by atoms with Crippen LogP contribution in [0.4, 0.5) is 10.1 Å². The number of anilines is 1. The first kappa shape index (κ1) is 16.5. The summed E-state index contributed by atoms with van der Waals surface area (Å²) in [4.78, 5) is 24.2. The molecule has 0 saturated heterocycles. The first-order valence-electron chi connectivity index (χ1n) is 6.80. The number of carbonyl (C=O) groups excluding carboxylic acids is 2. The highest BCUT2D eigenvalue weighted by molar-refractivity contribution is 6.10. The average Bonchev–Trinajstić information content (AvgIpc) is 2.53. The fraction of sp³-hybridized carbons (Fsp3) is 0.176. The van der Waals surface area contributed by atoms with Crippen LogP contribution in [-0.2, 0) is 0 Å². The van der Waals surface area contributed by atoms with Crippen LogP contribution in [0.2, 0.25) is 0 Å². The number of hydrogen-bond donors (Lipinski definition) is 1. The van der Waals surface area contributed by atoms with Gasteiger partial charge in [0.25, 0.3) is 5.91 Å². The number of carbonyl (C=O) groups is 2. The predicted molar refractivity (Wildman–Crippen MR) is 83.9 cm³/mol. The summed E-state index contributed by atoms with van der Waals surface area (Å²) in [6, 6.07) is 8.32. The van der Waals surface area contributed by atoms with E-state index in [0.29, 0.717) is 5.75 Å². The number of halogens is 1. The zero-order chi connectivity index (χ0) is 17.0. The molecule has 0 aliphatic rings. The SMILES string of the molecule is COc1cc(NC(=O)c2cccc(F)c2)c(C(C)=O)c(OC)c1. The van der Waals surface area contributed by atoms with Crippen molar-refractivity contribution in [1.29, 1.82) is 0 Å². The molecular formula is C17H16FNO4. The van der Waals surface area contributed by atoms with E-state index < -0.39 is 11.7 Å². The van der Waals surface area contributed by atoms with Crippen LogP contribution >= 0.6 is 0 Å². The number of amides is 1. The van der Waals surface area contributed by atoms with E-state index in [9.17, 15) is 14.0 Å². The summed E-state index contributed by atoms with van der Waals surface area (Å²) in [5.41, 5.74) is 0.599. The number of methoxy groups -OCH3 is 2. The van der Waals surface area contributed by atoms with Gasteiger partial charge in [-0.25, -0.2) is 4.39 Å². The summed E-state index contributed by atoms with van der Waals surface area (Å²) in [7, 11) is 2.87. The van der Waals surface area contributed by atoms with E-state index in [1.54, 1.807) is 6.07 Å². The molecule has 5 nitrogen and oxygen atoms in total. The van der Waals surface area contributed by atoms with E-state index in [2.05, 4.69) is 5.32 Å². The minimum absolute atomic E-state index is 0.140. The van der Waals surface area contributed by atoms with Gasteiger partial charge < -0.3 is 14.8 Å². The van der Waals surface area contributed by atoms with Gasteiger partial charge in [0.15, 0.2) is 5.78 Å². The number of nitrogens with one attached hydrogen (secondary N) is 1. The third-order valence-corrected chi connectivity index (χ3v) is 3.22. The van der Waals surface area contributed by atoms with Gasteiger partial charge in [-0.1, -0.05) is 6.07 Å². The fourth-order valence-corrected chi connectivity index (χ4v) is 2.15. The van der Waals surface area contributed by atoms with Gasteiger partial charge in [-0.05, 0) is 25.1 Å². The quantitative estimate of drug-likeness (QED) is 0.859. The van der Waals surface area contributed by atoms with Crippen LogP contribution in [0.5, 0.6) is 11.5 Å². The Labute approximate surface area is 133 Å². The largest absolute Gasteiger partial charge is 0.497 e. The van der Waals surface area contributed by atoms with Gasteiger partial charge in [0.05, 0.1) is 25.5 Å². The molecule has 2 aromatic carbocycles. The molecule has 23 heavy (non-hydrogen) atoms. The molecule has 0 bridgehead atoms. The fourth-order valence-electron chi connectivity index (χ4n) is 2.15. The van der Waals surface area contributed by atoms with Crippen molar-refractivity contribution >= 4 is 17.4 Å². The van der Waals surface area contributed by atoms with Gasteiger partial charge in [0.2, 0.25) is 0 Å². The monoisotopic (exact) mass is 317 g/mol.